The minimum absolute atomic E-state index is 0.0136. The molecule has 8 nitrogen and oxygen atoms in total. The number of thioether (sulfide) groups is 1. The van der Waals surface area contributed by atoms with E-state index in [9.17, 15) is 13.2 Å². The van der Waals surface area contributed by atoms with E-state index in [1.165, 1.54) is 11.8 Å². The lowest BCUT2D eigenvalue weighted by molar-refractivity contribution is -0.113. The van der Waals surface area contributed by atoms with Crippen LogP contribution in [0.4, 0.5) is 11.4 Å². The predicted molar refractivity (Wildman–Crippen MR) is 128 cm³/mol. The minimum Gasteiger partial charge on any atom is -0.497 e. The second-order valence-electron chi connectivity index (χ2n) is 7.38. The third kappa shape index (κ3) is 4.82. The van der Waals surface area contributed by atoms with E-state index >= 15 is 0 Å². The molecule has 4 rings (SSSR count). The van der Waals surface area contributed by atoms with Crippen molar-refractivity contribution in [1.29, 1.82) is 0 Å². The summed E-state index contributed by atoms with van der Waals surface area (Å²) in [7, 11) is -0.0969. The third-order valence-electron chi connectivity index (χ3n) is 5.19. The fourth-order valence-electron chi connectivity index (χ4n) is 3.79. The number of ether oxygens (including phenoxy) is 2. The molecule has 1 fully saturated rings. The summed E-state index contributed by atoms with van der Waals surface area (Å²) in [6.45, 7) is 0. The zero-order chi connectivity index (χ0) is 22.9. The highest BCUT2D eigenvalue weighted by atomic mass is 35.5. The Bertz CT molecular complexity index is 1170. The van der Waals surface area contributed by atoms with Crippen molar-refractivity contribution in [3.05, 3.63) is 47.5 Å². The molecule has 32 heavy (non-hydrogen) atoms. The number of carbonyl (C=O) groups is 1. The molecule has 1 amide bonds. The number of hydrogen-bond donors (Lipinski definition) is 1. The second-order valence-corrected chi connectivity index (χ2v) is 10.9. The number of fused-ring (bicyclic) bond motifs is 1. The number of amides is 1. The summed E-state index contributed by atoms with van der Waals surface area (Å²) in [4.78, 5) is 19.0. The summed E-state index contributed by atoms with van der Waals surface area (Å²) < 4.78 is 35.4. The van der Waals surface area contributed by atoms with Crippen LogP contribution in [0.15, 0.2) is 47.5 Å². The zero-order valence-electron chi connectivity index (χ0n) is 17.4. The van der Waals surface area contributed by atoms with E-state index in [0.717, 1.165) is 0 Å². The fourth-order valence-corrected chi connectivity index (χ4v) is 6.74. The van der Waals surface area contributed by atoms with Crippen molar-refractivity contribution in [1.82, 2.24) is 0 Å². The van der Waals surface area contributed by atoms with Crippen LogP contribution in [-0.2, 0) is 14.6 Å². The van der Waals surface area contributed by atoms with Gasteiger partial charge in [0, 0.05) is 16.8 Å². The number of hydrogen-bond acceptors (Lipinski definition) is 8. The molecule has 2 aliphatic heterocycles. The average Bonchev–Trinajstić information content (AvgIpc) is 3.22. The molecule has 0 aliphatic carbocycles. The lowest BCUT2D eigenvalue weighted by Crippen LogP contribution is -2.39. The van der Waals surface area contributed by atoms with Crippen LogP contribution >= 0.6 is 23.4 Å². The highest BCUT2D eigenvalue weighted by molar-refractivity contribution is 8.14. The van der Waals surface area contributed by atoms with Gasteiger partial charge in [0.1, 0.15) is 11.5 Å². The maximum Gasteiger partial charge on any atom is 0.234 e. The third-order valence-corrected chi connectivity index (χ3v) is 8.09. The number of halogens is 1. The first-order chi connectivity index (χ1) is 15.3. The molecule has 170 valence electrons. The summed E-state index contributed by atoms with van der Waals surface area (Å²) in [6.07, 6.45) is 0. The van der Waals surface area contributed by atoms with E-state index in [0.29, 0.717) is 33.1 Å². The van der Waals surface area contributed by atoms with Crippen molar-refractivity contribution in [2.75, 3.05) is 41.7 Å². The number of methoxy groups -OCH3 is 2. The number of rotatable bonds is 6. The molecular formula is C21H22ClN3O5S2. The van der Waals surface area contributed by atoms with Gasteiger partial charge in [0.15, 0.2) is 15.0 Å². The van der Waals surface area contributed by atoms with Gasteiger partial charge in [-0.25, -0.2) is 8.42 Å². The molecule has 2 aromatic carbocycles. The van der Waals surface area contributed by atoms with Crippen molar-refractivity contribution < 1.29 is 22.7 Å². The molecular weight excluding hydrogens is 474 g/mol. The first-order valence-corrected chi connectivity index (χ1v) is 13.0. The molecule has 0 unspecified atom stereocenters. The van der Waals surface area contributed by atoms with Gasteiger partial charge in [0.05, 0.1) is 49.2 Å². The van der Waals surface area contributed by atoms with Gasteiger partial charge in [-0.3, -0.25) is 9.79 Å². The Morgan fingerprint density at radius 3 is 2.75 bits per heavy atom. The number of sulfone groups is 1. The molecule has 1 N–H and O–H groups in total. The molecule has 0 bridgehead atoms. The molecule has 0 saturated carbocycles. The van der Waals surface area contributed by atoms with E-state index in [1.807, 2.05) is 4.90 Å². The average molecular weight is 496 g/mol. The van der Waals surface area contributed by atoms with Crippen LogP contribution in [0.25, 0.3) is 0 Å². The summed E-state index contributed by atoms with van der Waals surface area (Å²) in [5.41, 5.74) is 1.25. The Morgan fingerprint density at radius 1 is 1.22 bits per heavy atom. The highest BCUT2D eigenvalue weighted by Gasteiger charge is 2.48. The second kappa shape index (κ2) is 9.21. The van der Waals surface area contributed by atoms with Crippen molar-refractivity contribution in [3.8, 4) is 11.5 Å². The maximum atomic E-state index is 12.5. The molecule has 2 atom stereocenters. The molecule has 0 spiro atoms. The molecule has 1 saturated heterocycles. The lowest BCUT2D eigenvalue weighted by Gasteiger charge is -2.28. The van der Waals surface area contributed by atoms with Gasteiger partial charge in [-0.15, -0.1) is 0 Å². The van der Waals surface area contributed by atoms with Crippen LogP contribution in [0, 0.1) is 0 Å². The van der Waals surface area contributed by atoms with Crippen molar-refractivity contribution in [2.45, 2.75) is 12.1 Å². The Morgan fingerprint density at radius 2 is 2.03 bits per heavy atom. The number of amidine groups is 1. The molecule has 11 heteroatoms. The standard InChI is InChI=1S/C21H22ClN3O5S2/c1-29-15-6-7-19(30-2)17(9-15)25-18-12-32(27,28)11-16(18)24-21(25)31-10-20(26)23-14-5-3-4-13(22)8-14/h3-9,16,18H,10-12H2,1-2H3,(H,23,26)/t16-,18-/m0/s1. The van der Waals surface area contributed by atoms with Crippen LogP contribution in [0.2, 0.25) is 5.02 Å². The number of aliphatic imine (C=N–C) groups is 1. The zero-order valence-corrected chi connectivity index (χ0v) is 19.8. The largest absolute Gasteiger partial charge is 0.497 e. The Hall–Kier alpha value is -2.43. The van der Waals surface area contributed by atoms with Gasteiger partial charge >= 0.3 is 0 Å². The van der Waals surface area contributed by atoms with Crippen LogP contribution in [0.3, 0.4) is 0 Å². The number of benzene rings is 2. The Kier molecular flexibility index (Phi) is 6.55. The van der Waals surface area contributed by atoms with Crippen LogP contribution in [-0.4, -0.2) is 63.1 Å². The normalized spacial score (nSPS) is 21.1. The summed E-state index contributed by atoms with van der Waals surface area (Å²) in [5.74, 6) is 1.02. The molecule has 2 aromatic rings. The molecule has 2 heterocycles. The van der Waals surface area contributed by atoms with E-state index in [4.69, 9.17) is 21.1 Å². The van der Waals surface area contributed by atoms with Crippen LogP contribution in [0.5, 0.6) is 11.5 Å². The predicted octanol–water partition coefficient (Wildman–Crippen LogP) is 3.07. The fraction of sp³-hybridized carbons (Fsp3) is 0.333. The summed E-state index contributed by atoms with van der Waals surface area (Å²) in [5, 5.41) is 3.91. The van der Waals surface area contributed by atoms with Gasteiger partial charge in [-0.05, 0) is 30.3 Å². The van der Waals surface area contributed by atoms with E-state index in [1.54, 1.807) is 56.7 Å². The number of anilines is 2. The maximum absolute atomic E-state index is 12.5. The number of carbonyl (C=O) groups excluding carboxylic acids is 1. The minimum atomic E-state index is -3.20. The smallest absolute Gasteiger partial charge is 0.234 e. The van der Waals surface area contributed by atoms with Crippen molar-refractivity contribution in [2.24, 2.45) is 4.99 Å². The van der Waals surface area contributed by atoms with Crippen molar-refractivity contribution >= 4 is 55.6 Å². The SMILES string of the molecule is COc1ccc(OC)c(N2C(SCC(=O)Nc3cccc(Cl)c3)=N[C@H]3CS(=O)(=O)C[C@@H]32)c1. The monoisotopic (exact) mass is 495 g/mol. The first-order valence-electron chi connectivity index (χ1n) is 9.77. The lowest BCUT2D eigenvalue weighted by atomic mass is 10.1. The van der Waals surface area contributed by atoms with Gasteiger partial charge in [-0.2, -0.15) is 0 Å². The van der Waals surface area contributed by atoms with Gasteiger partial charge < -0.3 is 19.7 Å². The van der Waals surface area contributed by atoms with E-state index in [2.05, 4.69) is 10.3 Å². The van der Waals surface area contributed by atoms with Gasteiger partial charge in [0.2, 0.25) is 5.91 Å². The highest BCUT2D eigenvalue weighted by Crippen LogP contribution is 2.41. The molecule has 0 radical (unpaired) electrons. The topological polar surface area (TPSA) is 97.3 Å². The van der Waals surface area contributed by atoms with E-state index < -0.39 is 15.9 Å². The van der Waals surface area contributed by atoms with Crippen molar-refractivity contribution in [3.63, 3.8) is 0 Å². The van der Waals surface area contributed by atoms with E-state index in [-0.39, 0.29) is 29.2 Å². The molecule has 2 aliphatic rings. The van der Waals surface area contributed by atoms with Gasteiger partial charge in [-0.1, -0.05) is 29.4 Å². The Labute approximate surface area is 195 Å². The quantitative estimate of drug-likeness (QED) is 0.657. The van der Waals surface area contributed by atoms with Crippen LogP contribution in [0.1, 0.15) is 0 Å². The Balaban J connectivity index is 1.58. The van der Waals surface area contributed by atoms with Crippen LogP contribution < -0.4 is 19.7 Å². The number of nitrogens with one attached hydrogen (secondary N) is 1. The first kappa shape index (κ1) is 22.8. The summed E-state index contributed by atoms with van der Waals surface area (Å²) in [6, 6.07) is 11.5. The summed E-state index contributed by atoms with van der Waals surface area (Å²) >= 11 is 7.22. The molecule has 0 aromatic heterocycles. The van der Waals surface area contributed by atoms with Gasteiger partial charge in [0.25, 0.3) is 0 Å². The number of nitrogens with zero attached hydrogens (tertiary/aromatic N) is 2.